The number of halogens is 1. The maximum atomic E-state index is 5.71. The van der Waals surface area contributed by atoms with Gasteiger partial charge in [0.25, 0.3) is 0 Å². The summed E-state index contributed by atoms with van der Waals surface area (Å²) in [4.78, 5) is 0. The van der Waals surface area contributed by atoms with E-state index in [1.807, 2.05) is 4.68 Å². The molecule has 1 heterocycles. The van der Waals surface area contributed by atoms with Gasteiger partial charge in [-0.15, -0.1) is 16.7 Å². The molecular formula is C8H14ClN3. The van der Waals surface area contributed by atoms with E-state index < -0.39 is 0 Å². The van der Waals surface area contributed by atoms with Crippen molar-refractivity contribution in [1.29, 1.82) is 0 Å². The van der Waals surface area contributed by atoms with Crippen molar-refractivity contribution in [3.8, 4) is 0 Å². The molecule has 0 saturated carbocycles. The first kappa shape index (κ1) is 9.52. The fourth-order valence-electron chi connectivity index (χ4n) is 1.25. The van der Waals surface area contributed by atoms with Gasteiger partial charge in [0.05, 0.1) is 11.6 Å². The van der Waals surface area contributed by atoms with Crippen molar-refractivity contribution in [2.45, 2.75) is 39.1 Å². The number of hydrogen-bond acceptors (Lipinski definition) is 2. The average Bonchev–Trinajstić information content (AvgIpc) is 2.47. The molecular weight excluding hydrogens is 174 g/mol. The molecule has 0 spiro atoms. The van der Waals surface area contributed by atoms with E-state index in [0.717, 1.165) is 25.1 Å². The van der Waals surface area contributed by atoms with Crippen LogP contribution in [0.25, 0.3) is 0 Å². The van der Waals surface area contributed by atoms with Crippen LogP contribution in [0.15, 0.2) is 0 Å². The summed E-state index contributed by atoms with van der Waals surface area (Å²) in [6.07, 6.45) is 2.03. The molecule has 1 aromatic heterocycles. The smallest absolute Gasteiger partial charge is 0.101 e. The molecule has 1 aromatic rings. The van der Waals surface area contributed by atoms with Gasteiger partial charge in [0, 0.05) is 6.54 Å². The lowest BCUT2D eigenvalue weighted by Crippen LogP contribution is -2.04. The van der Waals surface area contributed by atoms with Crippen LogP contribution in [0.5, 0.6) is 0 Å². The number of alkyl halides is 1. The van der Waals surface area contributed by atoms with Gasteiger partial charge in [-0.05, 0) is 12.8 Å². The van der Waals surface area contributed by atoms with E-state index in [1.54, 1.807) is 0 Å². The van der Waals surface area contributed by atoms with Gasteiger partial charge in [0.2, 0.25) is 0 Å². The highest BCUT2D eigenvalue weighted by atomic mass is 35.5. The normalized spacial score (nSPS) is 10.6. The maximum Gasteiger partial charge on any atom is 0.101 e. The molecule has 0 fully saturated rings. The number of aromatic nitrogens is 3. The first-order valence-corrected chi connectivity index (χ1v) is 4.84. The molecule has 0 saturated heterocycles. The Kier molecular flexibility index (Phi) is 3.53. The Bertz CT molecular complexity index is 244. The van der Waals surface area contributed by atoms with Crippen molar-refractivity contribution in [3.05, 3.63) is 11.4 Å². The Labute approximate surface area is 77.7 Å². The molecule has 0 N–H and O–H groups in total. The van der Waals surface area contributed by atoms with Gasteiger partial charge in [-0.1, -0.05) is 19.1 Å². The molecule has 0 aliphatic carbocycles. The summed E-state index contributed by atoms with van der Waals surface area (Å²) in [7, 11) is 0. The van der Waals surface area contributed by atoms with Gasteiger partial charge >= 0.3 is 0 Å². The van der Waals surface area contributed by atoms with Crippen LogP contribution >= 0.6 is 11.6 Å². The van der Waals surface area contributed by atoms with Crippen LogP contribution in [0.3, 0.4) is 0 Å². The summed E-state index contributed by atoms with van der Waals surface area (Å²) in [5.74, 6) is 0.465. The molecule has 3 nitrogen and oxygen atoms in total. The second-order valence-electron chi connectivity index (χ2n) is 2.69. The standard InChI is InChI=1S/C8H14ClN3/c1-3-5-12-8(4-2)7(6-9)10-11-12/h3-6H2,1-2H3. The van der Waals surface area contributed by atoms with Gasteiger partial charge < -0.3 is 0 Å². The van der Waals surface area contributed by atoms with Crippen LogP contribution < -0.4 is 0 Å². The van der Waals surface area contributed by atoms with Crippen molar-refractivity contribution < 1.29 is 0 Å². The van der Waals surface area contributed by atoms with E-state index in [2.05, 4.69) is 24.2 Å². The van der Waals surface area contributed by atoms with Crippen molar-refractivity contribution >= 4 is 11.6 Å². The predicted octanol–water partition coefficient (Wildman–Crippen LogP) is 1.99. The van der Waals surface area contributed by atoms with Gasteiger partial charge in [0.15, 0.2) is 0 Å². The van der Waals surface area contributed by atoms with Crippen LogP contribution in [-0.4, -0.2) is 15.0 Å². The Morgan fingerprint density at radius 2 is 2.17 bits per heavy atom. The second-order valence-corrected chi connectivity index (χ2v) is 2.96. The number of aryl methyl sites for hydroxylation is 1. The van der Waals surface area contributed by atoms with E-state index in [0.29, 0.717) is 5.88 Å². The van der Waals surface area contributed by atoms with E-state index in [9.17, 15) is 0 Å². The summed E-state index contributed by atoms with van der Waals surface area (Å²) in [6, 6.07) is 0. The molecule has 0 unspecified atom stereocenters. The highest BCUT2D eigenvalue weighted by Gasteiger charge is 2.08. The fourth-order valence-corrected chi connectivity index (χ4v) is 1.46. The first-order valence-electron chi connectivity index (χ1n) is 4.30. The van der Waals surface area contributed by atoms with Gasteiger partial charge in [-0.2, -0.15) is 0 Å². The molecule has 1 rings (SSSR count). The predicted molar refractivity (Wildman–Crippen MR) is 49.2 cm³/mol. The Balaban J connectivity index is 2.88. The summed E-state index contributed by atoms with van der Waals surface area (Å²) in [6.45, 7) is 5.16. The number of rotatable bonds is 4. The fraction of sp³-hybridized carbons (Fsp3) is 0.750. The van der Waals surface area contributed by atoms with Crippen molar-refractivity contribution in [3.63, 3.8) is 0 Å². The molecule has 0 aromatic carbocycles. The third-order valence-corrected chi connectivity index (χ3v) is 2.07. The van der Waals surface area contributed by atoms with Crippen LogP contribution in [0.4, 0.5) is 0 Å². The van der Waals surface area contributed by atoms with Crippen LogP contribution in [0.2, 0.25) is 0 Å². The molecule has 0 radical (unpaired) electrons. The summed E-state index contributed by atoms with van der Waals surface area (Å²) >= 11 is 5.71. The van der Waals surface area contributed by atoms with E-state index in [4.69, 9.17) is 11.6 Å². The summed E-state index contributed by atoms with van der Waals surface area (Å²) in [5.41, 5.74) is 2.10. The third kappa shape index (κ3) is 1.78. The zero-order valence-electron chi connectivity index (χ0n) is 7.55. The highest BCUT2D eigenvalue weighted by Crippen LogP contribution is 2.09. The minimum absolute atomic E-state index is 0.465. The van der Waals surface area contributed by atoms with Crippen molar-refractivity contribution in [1.82, 2.24) is 15.0 Å². The summed E-state index contributed by atoms with van der Waals surface area (Å²) in [5, 5.41) is 8.03. The maximum absolute atomic E-state index is 5.71. The lowest BCUT2D eigenvalue weighted by Gasteiger charge is -2.01. The highest BCUT2D eigenvalue weighted by molar-refractivity contribution is 6.16. The zero-order chi connectivity index (χ0) is 8.97. The molecule has 68 valence electrons. The van der Waals surface area contributed by atoms with E-state index >= 15 is 0 Å². The molecule has 12 heavy (non-hydrogen) atoms. The topological polar surface area (TPSA) is 30.7 Å². The van der Waals surface area contributed by atoms with Crippen LogP contribution in [0, 0.1) is 0 Å². The van der Waals surface area contributed by atoms with E-state index in [-0.39, 0.29) is 0 Å². The van der Waals surface area contributed by atoms with Gasteiger partial charge in [-0.25, -0.2) is 4.68 Å². The van der Waals surface area contributed by atoms with Gasteiger partial charge in [-0.3, -0.25) is 0 Å². The van der Waals surface area contributed by atoms with Crippen molar-refractivity contribution in [2.24, 2.45) is 0 Å². The SMILES string of the molecule is CCCn1nnc(CCl)c1CC. The lowest BCUT2D eigenvalue weighted by molar-refractivity contribution is 0.558. The minimum atomic E-state index is 0.465. The third-order valence-electron chi connectivity index (χ3n) is 1.81. The number of hydrogen-bond donors (Lipinski definition) is 0. The van der Waals surface area contributed by atoms with Crippen LogP contribution in [0.1, 0.15) is 31.7 Å². The molecule has 0 amide bonds. The molecule has 0 atom stereocenters. The first-order chi connectivity index (χ1) is 5.83. The van der Waals surface area contributed by atoms with Gasteiger partial charge in [0.1, 0.15) is 5.69 Å². The van der Waals surface area contributed by atoms with E-state index in [1.165, 1.54) is 5.69 Å². The molecule has 0 aliphatic heterocycles. The minimum Gasteiger partial charge on any atom is -0.249 e. The summed E-state index contributed by atoms with van der Waals surface area (Å²) < 4.78 is 1.94. The van der Waals surface area contributed by atoms with Crippen molar-refractivity contribution in [2.75, 3.05) is 0 Å². The Morgan fingerprint density at radius 1 is 1.42 bits per heavy atom. The molecule has 0 bridgehead atoms. The largest absolute Gasteiger partial charge is 0.249 e. The average molecular weight is 188 g/mol. The van der Waals surface area contributed by atoms with Crippen LogP contribution in [-0.2, 0) is 18.8 Å². The lowest BCUT2D eigenvalue weighted by atomic mass is 10.3. The second kappa shape index (κ2) is 4.45. The molecule has 0 aliphatic rings. The molecule has 4 heteroatoms. The zero-order valence-corrected chi connectivity index (χ0v) is 8.30. The quantitative estimate of drug-likeness (QED) is 0.675. The Morgan fingerprint density at radius 3 is 2.67 bits per heavy atom. The Hall–Kier alpha value is -0.570. The number of nitrogens with zero attached hydrogens (tertiary/aromatic N) is 3. The monoisotopic (exact) mass is 187 g/mol.